The van der Waals surface area contributed by atoms with Gasteiger partial charge in [-0.15, -0.1) is 0 Å². The molecule has 1 aromatic carbocycles. The predicted octanol–water partition coefficient (Wildman–Crippen LogP) is 4.81. The number of aromatic amines is 1. The van der Waals surface area contributed by atoms with E-state index >= 15 is 0 Å². The van der Waals surface area contributed by atoms with Gasteiger partial charge in [0.25, 0.3) is 5.56 Å². The van der Waals surface area contributed by atoms with Crippen molar-refractivity contribution in [3.8, 4) is 6.07 Å². The van der Waals surface area contributed by atoms with E-state index in [2.05, 4.69) is 16.4 Å². The number of pyridine rings is 1. The second kappa shape index (κ2) is 7.45. The number of carbonyl (C=O) groups is 1. The Morgan fingerprint density at radius 3 is 2.76 bits per heavy atom. The van der Waals surface area contributed by atoms with Crippen LogP contribution in [0, 0.1) is 17.2 Å². The number of hydrogen-bond donors (Lipinski definition) is 4. The summed E-state index contributed by atoms with van der Waals surface area (Å²) < 4.78 is 21.7. The summed E-state index contributed by atoms with van der Waals surface area (Å²) in [6.07, 6.45) is 5.16. The number of rotatable bonds is 3. The molecule has 10 heteroatoms. The van der Waals surface area contributed by atoms with Gasteiger partial charge in [0.05, 0.1) is 28.4 Å². The Morgan fingerprint density at radius 1 is 1.24 bits per heavy atom. The molecule has 9 nitrogen and oxygen atoms in total. The van der Waals surface area contributed by atoms with Crippen molar-refractivity contribution in [3.63, 3.8) is 0 Å². The van der Waals surface area contributed by atoms with Gasteiger partial charge < -0.3 is 10.3 Å². The van der Waals surface area contributed by atoms with Crippen LogP contribution in [-0.4, -0.2) is 34.4 Å². The van der Waals surface area contributed by atoms with Crippen LogP contribution in [0.4, 0.5) is 11.5 Å². The maximum absolute atomic E-state index is 12.9. The number of ketones is 1. The molecule has 2 unspecified atom stereocenters. The molecular formula is C23H25N5O4S. The minimum Gasteiger partial charge on any atom is -0.338 e. The first-order valence-corrected chi connectivity index (χ1v) is 12.4. The fourth-order valence-corrected chi connectivity index (χ4v) is 6.53. The van der Waals surface area contributed by atoms with E-state index < -0.39 is 15.3 Å². The van der Waals surface area contributed by atoms with Crippen molar-refractivity contribution in [1.82, 2.24) is 14.8 Å². The van der Waals surface area contributed by atoms with Crippen LogP contribution in [0.15, 0.2) is 40.2 Å². The van der Waals surface area contributed by atoms with Gasteiger partial charge in [0.15, 0.2) is 11.6 Å². The average Bonchev–Trinajstić information content (AvgIpc) is 3.22. The zero-order valence-corrected chi connectivity index (χ0v) is 19.1. The first-order valence-electron chi connectivity index (χ1n) is 10.9. The van der Waals surface area contributed by atoms with Gasteiger partial charge in [-0.3, -0.25) is 23.4 Å². The Balaban J connectivity index is 1.59. The summed E-state index contributed by atoms with van der Waals surface area (Å²) in [7, 11) is -3.27. The number of H-pyrrole nitrogens is 1. The number of carbonyl (C=O) groups excluding carboxylic acids is 1. The highest BCUT2D eigenvalue weighted by Gasteiger charge is 2.51. The zero-order valence-electron chi connectivity index (χ0n) is 18.3. The smallest absolute Gasteiger partial charge is 0.261 e. The van der Waals surface area contributed by atoms with Gasteiger partial charge in [0.2, 0.25) is 0 Å². The van der Waals surface area contributed by atoms with Crippen LogP contribution < -0.4 is 10.9 Å². The van der Waals surface area contributed by atoms with Crippen molar-refractivity contribution in [2.75, 3.05) is 5.32 Å². The number of benzene rings is 1. The van der Waals surface area contributed by atoms with E-state index in [0.717, 1.165) is 25.7 Å². The molecule has 3 heterocycles. The topological polar surface area (TPSA) is 144 Å². The van der Waals surface area contributed by atoms with Crippen LogP contribution >= 0.6 is 10.6 Å². The lowest BCUT2D eigenvalue weighted by molar-refractivity contribution is 0.0956. The number of anilines is 2. The van der Waals surface area contributed by atoms with Crippen LogP contribution in [0.25, 0.3) is 10.9 Å². The zero-order chi connectivity index (χ0) is 23.5. The van der Waals surface area contributed by atoms with Crippen LogP contribution in [0.5, 0.6) is 0 Å². The van der Waals surface area contributed by atoms with E-state index in [1.165, 1.54) is 19.9 Å². The molecule has 2 aromatic heterocycles. The van der Waals surface area contributed by atoms with Gasteiger partial charge in [-0.05, 0) is 51.0 Å². The molecule has 0 radical (unpaired) electrons. The Morgan fingerprint density at radius 2 is 2.00 bits per heavy atom. The van der Waals surface area contributed by atoms with Crippen LogP contribution in [0.2, 0.25) is 0 Å². The Bertz CT molecular complexity index is 1380. The number of nitrogens with one attached hydrogen (secondary N) is 2. The lowest BCUT2D eigenvalue weighted by Crippen LogP contribution is -2.31. The molecule has 3 aromatic rings. The largest absolute Gasteiger partial charge is 0.338 e. The summed E-state index contributed by atoms with van der Waals surface area (Å²) in [4.78, 5) is 28.5. The summed E-state index contributed by atoms with van der Waals surface area (Å²) in [6, 6.07) is 8.79. The van der Waals surface area contributed by atoms with E-state index in [1.807, 2.05) is 0 Å². The normalized spacial score (nSPS) is 24.3. The molecule has 0 amide bonds. The number of aromatic nitrogens is 3. The Kier molecular flexibility index (Phi) is 4.90. The molecular weight excluding hydrogens is 442 g/mol. The maximum Gasteiger partial charge on any atom is 0.261 e. The molecule has 4 N–H and O–H groups in total. The second-order valence-electron chi connectivity index (χ2n) is 9.17. The minimum absolute atomic E-state index is 0.126. The van der Waals surface area contributed by atoms with Crippen molar-refractivity contribution >= 4 is 38.8 Å². The van der Waals surface area contributed by atoms with Gasteiger partial charge in [0, 0.05) is 17.4 Å². The molecule has 33 heavy (non-hydrogen) atoms. The quantitative estimate of drug-likeness (QED) is 0.433. The molecule has 1 aliphatic heterocycles. The molecule has 2 aliphatic rings. The van der Waals surface area contributed by atoms with Crippen LogP contribution in [0.1, 0.15) is 55.9 Å². The lowest BCUT2D eigenvalue weighted by Gasteiger charge is -2.39. The summed E-state index contributed by atoms with van der Waals surface area (Å²) in [5.74, 6) is -0.196. The first kappa shape index (κ1) is 21.7. The van der Waals surface area contributed by atoms with Crippen LogP contribution in [-0.2, 0) is 0 Å². The molecule has 172 valence electrons. The van der Waals surface area contributed by atoms with E-state index in [4.69, 9.17) is 5.10 Å². The van der Waals surface area contributed by atoms with Crippen molar-refractivity contribution in [1.29, 1.82) is 5.26 Å². The molecule has 0 bridgehead atoms. The van der Waals surface area contributed by atoms with E-state index in [0.29, 0.717) is 22.4 Å². The van der Waals surface area contributed by atoms with E-state index in [1.54, 1.807) is 29.1 Å². The minimum atomic E-state index is -3.27. The maximum atomic E-state index is 12.9. The van der Waals surface area contributed by atoms with Crippen LogP contribution in [0.3, 0.4) is 0 Å². The van der Waals surface area contributed by atoms with Crippen molar-refractivity contribution in [2.45, 2.75) is 55.2 Å². The van der Waals surface area contributed by atoms with Gasteiger partial charge in [-0.2, -0.15) is 21.0 Å². The highest BCUT2D eigenvalue weighted by molar-refractivity contribution is 8.26. The van der Waals surface area contributed by atoms with Gasteiger partial charge in [-0.25, -0.2) is 0 Å². The standard InChI is InChI=1S/C23H25N5O4S/c1-23(2)20(29)15-11-14(7-8-18(15)33(23,31)32)26-21-19-17(9-10-25-22(19)30)28(27-21)16-6-4-3-5-13(16)12-24/h7-11,13,16,31-32H,3-6H2,1-2H3,(H,25,30)(H,26,27). The number of Topliss-reactive ketones (excluding diaryl/α,β-unsaturated/α-hetero) is 1. The van der Waals surface area contributed by atoms with Crippen molar-refractivity contribution in [2.24, 2.45) is 5.92 Å². The third-order valence-corrected chi connectivity index (χ3v) is 9.47. The summed E-state index contributed by atoms with van der Waals surface area (Å²) in [5, 5.41) is 17.9. The Hall–Kier alpha value is -3.13. The second-order valence-corrected chi connectivity index (χ2v) is 11.7. The SMILES string of the molecule is CC1(C)C(=O)c2cc(Nc3nn(C4CCCCC4C#N)c4cc[nH]c(=O)c34)ccc2S1(O)O. The van der Waals surface area contributed by atoms with Crippen molar-refractivity contribution in [3.05, 3.63) is 46.4 Å². The molecule has 1 saturated carbocycles. The number of nitrogens with zero attached hydrogens (tertiary/aromatic N) is 3. The van der Waals surface area contributed by atoms with Crippen molar-refractivity contribution < 1.29 is 13.9 Å². The summed E-state index contributed by atoms with van der Waals surface area (Å²) in [6.45, 7) is 3.06. The lowest BCUT2D eigenvalue weighted by atomic mass is 9.85. The molecule has 1 aliphatic carbocycles. The van der Waals surface area contributed by atoms with E-state index in [-0.39, 0.29) is 33.8 Å². The highest BCUT2D eigenvalue weighted by Crippen LogP contribution is 2.66. The number of fused-ring (bicyclic) bond motifs is 2. The summed E-state index contributed by atoms with van der Waals surface area (Å²) in [5.41, 5.74) is 1.09. The number of nitriles is 1. The fourth-order valence-electron chi connectivity index (χ4n) is 4.89. The highest BCUT2D eigenvalue weighted by atomic mass is 32.3. The fraction of sp³-hybridized carbons (Fsp3) is 0.391. The molecule has 0 spiro atoms. The molecule has 2 atom stereocenters. The Labute approximate surface area is 191 Å². The first-order chi connectivity index (χ1) is 15.7. The molecule has 1 fully saturated rings. The monoisotopic (exact) mass is 467 g/mol. The molecule has 5 rings (SSSR count). The van der Waals surface area contributed by atoms with Gasteiger partial charge in [-0.1, -0.05) is 12.8 Å². The predicted molar refractivity (Wildman–Crippen MR) is 126 cm³/mol. The van der Waals surface area contributed by atoms with Gasteiger partial charge in [0.1, 0.15) is 10.1 Å². The summed E-state index contributed by atoms with van der Waals surface area (Å²) >= 11 is 0. The average molecular weight is 468 g/mol. The third kappa shape index (κ3) is 3.11. The third-order valence-electron chi connectivity index (χ3n) is 6.89. The van der Waals surface area contributed by atoms with E-state index in [9.17, 15) is 24.0 Å². The van der Waals surface area contributed by atoms with Gasteiger partial charge >= 0.3 is 0 Å². The molecule has 0 saturated heterocycles. The number of hydrogen-bond acceptors (Lipinski definition) is 7.